The van der Waals surface area contributed by atoms with Crippen LogP contribution in [0.5, 0.6) is 0 Å². The summed E-state index contributed by atoms with van der Waals surface area (Å²) in [4.78, 5) is 0. The molecule has 0 aromatic heterocycles. The van der Waals surface area contributed by atoms with Gasteiger partial charge in [-0.15, -0.1) is 0 Å². The molecule has 0 aliphatic carbocycles. The van der Waals surface area contributed by atoms with Crippen LogP contribution in [0, 0.1) is 5.92 Å². The maximum Gasteiger partial charge on any atom is 0.0720 e. The standard InChI is InChI=1S/C19H9Cl6/c20-10-4-1-5-11(21)16(10)19(17-12(22)6-2-7-13(17)23)18-14(24)8-3-9-15(18)25/h1-9H. The van der Waals surface area contributed by atoms with E-state index >= 15 is 0 Å². The molecule has 0 atom stereocenters. The summed E-state index contributed by atoms with van der Waals surface area (Å²) in [6, 6.07) is 15.7. The van der Waals surface area contributed by atoms with Gasteiger partial charge in [-0.1, -0.05) is 87.8 Å². The Hall–Kier alpha value is -0.600. The van der Waals surface area contributed by atoms with E-state index < -0.39 is 0 Å². The van der Waals surface area contributed by atoms with Crippen LogP contribution in [0.25, 0.3) is 0 Å². The van der Waals surface area contributed by atoms with E-state index in [0.717, 1.165) is 0 Å². The summed E-state index contributed by atoms with van der Waals surface area (Å²) in [6.45, 7) is 0. The Morgan fingerprint density at radius 1 is 0.400 bits per heavy atom. The third-order valence-electron chi connectivity index (χ3n) is 3.64. The highest BCUT2D eigenvalue weighted by atomic mass is 35.5. The van der Waals surface area contributed by atoms with Crippen LogP contribution in [0.2, 0.25) is 30.1 Å². The molecule has 0 heterocycles. The van der Waals surface area contributed by atoms with Gasteiger partial charge in [0.2, 0.25) is 0 Å². The summed E-state index contributed by atoms with van der Waals surface area (Å²) in [5.74, 6) is 0.585. The fourth-order valence-electron chi connectivity index (χ4n) is 2.58. The summed E-state index contributed by atoms with van der Waals surface area (Å²) in [5, 5.41) is 2.64. The molecule has 0 spiro atoms. The minimum atomic E-state index is 0.439. The molecule has 1 radical (unpaired) electrons. The van der Waals surface area contributed by atoms with E-state index in [4.69, 9.17) is 69.6 Å². The van der Waals surface area contributed by atoms with Crippen LogP contribution < -0.4 is 0 Å². The Kier molecular flexibility index (Phi) is 6.11. The average molecular weight is 450 g/mol. The zero-order valence-electron chi connectivity index (χ0n) is 12.5. The number of rotatable bonds is 3. The minimum absolute atomic E-state index is 0.439. The fraction of sp³-hybridized carbons (Fsp3) is 0. The first kappa shape index (κ1) is 19.2. The average Bonchev–Trinajstić information content (AvgIpc) is 2.53. The Bertz CT molecular complexity index is 752. The molecule has 0 saturated carbocycles. The third kappa shape index (κ3) is 3.76. The maximum atomic E-state index is 6.46. The van der Waals surface area contributed by atoms with Gasteiger partial charge in [0.1, 0.15) is 0 Å². The van der Waals surface area contributed by atoms with E-state index in [9.17, 15) is 0 Å². The van der Waals surface area contributed by atoms with Crippen molar-refractivity contribution in [3.63, 3.8) is 0 Å². The lowest BCUT2D eigenvalue weighted by molar-refractivity contribution is 1.23. The molecule has 0 bridgehead atoms. The molecular formula is C19H9Cl6. The third-order valence-corrected chi connectivity index (χ3v) is 5.53. The molecule has 3 aromatic carbocycles. The smallest absolute Gasteiger partial charge is 0.0720 e. The van der Waals surface area contributed by atoms with Crippen LogP contribution in [0.3, 0.4) is 0 Å². The first-order valence-corrected chi connectivity index (χ1v) is 9.38. The zero-order valence-corrected chi connectivity index (χ0v) is 17.0. The van der Waals surface area contributed by atoms with Crippen molar-refractivity contribution in [2.45, 2.75) is 0 Å². The predicted molar refractivity (Wildman–Crippen MR) is 110 cm³/mol. The molecule has 0 aliphatic heterocycles. The lowest BCUT2D eigenvalue weighted by atomic mass is 9.84. The van der Waals surface area contributed by atoms with Crippen LogP contribution in [0.4, 0.5) is 0 Å². The van der Waals surface area contributed by atoms with Crippen molar-refractivity contribution in [3.8, 4) is 0 Å². The van der Waals surface area contributed by atoms with Gasteiger partial charge in [-0.3, -0.25) is 0 Å². The Labute approximate surface area is 176 Å². The quantitative estimate of drug-likeness (QED) is 0.351. The van der Waals surface area contributed by atoms with Gasteiger partial charge < -0.3 is 0 Å². The van der Waals surface area contributed by atoms with Gasteiger partial charge in [-0.25, -0.2) is 0 Å². The molecule has 6 heteroatoms. The number of halogens is 6. The van der Waals surface area contributed by atoms with E-state index in [1.165, 1.54) is 0 Å². The normalized spacial score (nSPS) is 11.2. The SMILES string of the molecule is Clc1cccc(Cl)c1[C](c1c(Cl)cccc1Cl)c1c(Cl)cccc1Cl. The van der Waals surface area contributed by atoms with Gasteiger partial charge >= 0.3 is 0 Å². The molecule has 0 N–H and O–H groups in total. The number of benzene rings is 3. The van der Waals surface area contributed by atoms with Gasteiger partial charge in [-0.05, 0) is 36.4 Å². The van der Waals surface area contributed by atoms with Crippen molar-refractivity contribution in [1.29, 1.82) is 0 Å². The molecule has 0 fully saturated rings. The minimum Gasteiger partial charge on any atom is -0.0839 e. The van der Waals surface area contributed by atoms with Crippen molar-refractivity contribution in [1.82, 2.24) is 0 Å². The molecule has 0 amide bonds. The lowest BCUT2D eigenvalue weighted by Crippen LogP contribution is -2.09. The topological polar surface area (TPSA) is 0 Å². The number of hydrogen-bond acceptors (Lipinski definition) is 0. The molecule has 0 saturated heterocycles. The maximum absolute atomic E-state index is 6.46. The first-order chi connectivity index (χ1) is 11.9. The summed E-state index contributed by atoms with van der Waals surface area (Å²) >= 11 is 38.7. The van der Waals surface area contributed by atoms with Crippen molar-refractivity contribution in [2.24, 2.45) is 0 Å². The van der Waals surface area contributed by atoms with Crippen LogP contribution in [0.15, 0.2) is 54.6 Å². The molecule has 25 heavy (non-hydrogen) atoms. The Morgan fingerprint density at radius 3 is 0.800 bits per heavy atom. The highest BCUT2D eigenvalue weighted by Crippen LogP contribution is 2.47. The summed E-state index contributed by atoms with van der Waals surface area (Å²) in [7, 11) is 0. The van der Waals surface area contributed by atoms with E-state index in [-0.39, 0.29) is 0 Å². The largest absolute Gasteiger partial charge is 0.0839 e. The van der Waals surface area contributed by atoms with Gasteiger partial charge in [0.05, 0.1) is 5.92 Å². The summed E-state index contributed by atoms with van der Waals surface area (Å²) in [5.41, 5.74) is 1.70. The second-order valence-electron chi connectivity index (χ2n) is 5.16. The van der Waals surface area contributed by atoms with Crippen molar-refractivity contribution < 1.29 is 0 Å². The highest BCUT2D eigenvalue weighted by molar-refractivity contribution is 6.40. The molecule has 0 unspecified atom stereocenters. The molecule has 3 rings (SSSR count). The van der Waals surface area contributed by atoms with Gasteiger partial charge in [0.25, 0.3) is 0 Å². The van der Waals surface area contributed by atoms with Crippen molar-refractivity contribution in [3.05, 3.63) is 107 Å². The van der Waals surface area contributed by atoms with Crippen LogP contribution in [0.1, 0.15) is 16.7 Å². The van der Waals surface area contributed by atoms with Crippen LogP contribution in [-0.2, 0) is 0 Å². The monoisotopic (exact) mass is 447 g/mol. The van der Waals surface area contributed by atoms with E-state index in [2.05, 4.69) is 0 Å². The van der Waals surface area contributed by atoms with Gasteiger partial charge in [-0.2, -0.15) is 0 Å². The van der Waals surface area contributed by atoms with Crippen LogP contribution >= 0.6 is 69.6 Å². The van der Waals surface area contributed by atoms with Crippen molar-refractivity contribution in [2.75, 3.05) is 0 Å². The van der Waals surface area contributed by atoms with Crippen LogP contribution in [-0.4, -0.2) is 0 Å². The Morgan fingerprint density at radius 2 is 0.600 bits per heavy atom. The zero-order chi connectivity index (χ0) is 18.1. The second kappa shape index (κ2) is 7.96. The van der Waals surface area contributed by atoms with E-state index in [1.54, 1.807) is 54.6 Å². The Balaban J connectivity index is 2.42. The summed E-state index contributed by atoms with van der Waals surface area (Å²) in [6.07, 6.45) is 0. The molecule has 0 aliphatic rings. The summed E-state index contributed by atoms with van der Waals surface area (Å²) < 4.78 is 0. The molecular weight excluding hydrogens is 441 g/mol. The predicted octanol–water partition coefficient (Wildman–Crippen LogP) is 8.63. The van der Waals surface area contributed by atoms with Crippen molar-refractivity contribution >= 4 is 69.6 Å². The lowest BCUT2D eigenvalue weighted by Gasteiger charge is -2.24. The van der Waals surface area contributed by atoms with E-state index in [1.807, 2.05) is 0 Å². The first-order valence-electron chi connectivity index (χ1n) is 7.12. The van der Waals surface area contributed by atoms with Gasteiger partial charge in [0, 0.05) is 46.8 Å². The van der Waals surface area contributed by atoms with E-state index in [0.29, 0.717) is 52.7 Å². The molecule has 3 aromatic rings. The molecule has 127 valence electrons. The number of hydrogen-bond donors (Lipinski definition) is 0. The van der Waals surface area contributed by atoms with Gasteiger partial charge in [0.15, 0.2) is 0 Å². The fourth-order valence-corrected chi connectivity index (χ4v) is 4.34. The second-order valence-corrected chi connectivity index (χ2v) is 7.61. The highest BCUT2D eigenvalue weighted by Gasteiger charge is 2.30. The molecule has 0 nitrogen and oxygen atoms in total.